The van der Waals surface area contributed by atoms with Crippen molar-refractivity contribution in [3.05, 3.63) is 95.6 Å². The first-order valence-corrected chi connectivity index (χ1v) is 25.5. The van der Waals surface area contributed by atoms with Gasteiger partial charge in [0.15, 0.2) is 29.1 Å². The first-order chi connectivity index (χ1) is 34.5. The van der Waals surface area contributed by atoms with Crippen LogP contribution in [0.2, 0.25) is 0 Å². The summed E-state index contributed by atoms with van der Waals surface area (Å²) in [6, 6.07) is 15.1. The molecule has 4 fully saturated rings. The first kappa shape index (κ1) is 53.7. The SMILES string of the molecule is C[C@]12C=CC(=O)C=C1[C@@H](F)C[C@H]1[C@@H]3C[C@H]4O[C@@H](c5ccc(Sc6cccc(CC(=O)CCOCCOCCOCCOCCCC(=O)CCN7C(=O)C=CC7=O)c6)cc5)O[C@@]4(C(=O)CO)[C@@]3(C)C[C@H](O)[C@@]12F. The molecular formula is C54H63F2NO14S. The number of rotatable bonds is 26. The minimum atomic E-state index is -2.34. The molecule has 8 rings (SSSR count). The molecule has 0 spiro atoms. The van der Waals surface area contributed by atoms with Crippen molar-refractivity contribution in [2.24, 2.45) is 22.7 Å². The molecule has 72 heavy (non-hydrogen) atoms. The van der Waals surface area contributed by atoms with Gasteiger partial charge in [-0.25, -0.2) is 8.78 Å². The van der Waals surface area contributed by atoms with Crippen molar-refractivity contribution in [2.45, 2.75) is 111 Å². The molecule has 0 aromatic heterocycles. The average molecular weight is 1020 g/mol. The van der Waals surface area contributed by atoms with Crippen molar-refractivity contribution < 1.29 is 76.2 Å². The number of hydrogen-bond donors (Lipinski definition) is 2. The zero-order chi connectivity index (χ0) is 51.3. The Morgan fingerprint density at radius 1 is 0.806 bits per heavy atom. The number of fused-ring (bicyclic) bond motifs is 7. The number of allylic oxidation sites excluding steroid dienone is 4. The van der Waals surface area contributed by atoms with Crippen LogP contribution in [0.15, 0.2) is 94.3 Å². The van der Waals surface area contributed by atoms with Crippen molar-refractivity contribution in [1.29, 1.82) is 0 Å². The smallest absolute Gasteiger partial charge is 0.253 e. The van der Waals surface area contributed by atoms with Gasteiger partial charge >= 0.3 is 0 Å². The maximum Gasteiger partial charge on any atom is 0.253 e. The number of alkyl halides is 2. The fourth-order valence-electron chi connectivity index (χ4n) is 11.9. The van der Waals surface area contributed by atoms with Crippen LogP contribution in [-0.2, 0) is 63.6 Å². The minimum absolute atomic E-state index is 0.0126. The summed E-state index contributed by atoms with van der Waals surface area (Å²) >= 11 is 1.50. The summed E-state index contributed by atoms with van der Waals surface area (Å²) in [6.07, 6.45) is 2.06. The number of imide groups is 1. The number of Topliss-reactive ketones (excluding diaryl/α,β-unsaturated/α-hetero) is 3. The molecule has 6 aliphatic rings. The second-order valence-corrected chi connectivity index (χ2v) is 20.9. The second kappa shape index (κ2) is 22.9. The number of nitrogens with zero attached hydrogens (tertiary/aromatic N) is 1. The van der Waals surface area contributed by atoms with Crippen molar-refractivity contribution >= 4 is 46.7 Å². The quantitative estimate of drug-likeness (QED) is 0.0857. The van der Waals surface area contributed by atoms with Crippen molar-refractivity contribution in [1.82, 2.24) is 4.90 Å². The third kappa shape index (κ3) is 10.7. The zero-order valence-electron chi connectivity index (χ0n) is 40.6. The fourth-order valence-corrected chi connectivity index (χ4v) is 12.8. The number of amides is 2. The van der Waals surface area contributed by atoms with Gasteiger partial charge < -0.3 is 38.6 Å². The Hall–Kier alpha value is -4.63. The van der Waals surface area contributed by atoms with Crippen LogP contribution in [0.3, 0.4) is 0 Å². The predicted molar refractivity (Wildman–Crippen MR) is 256 cm³/mol. The van der Waals surface area contributed by atoms with E-state index in [-0.39, 0.29) is 68.8 Å². The van der Waals surface area contributed by atoms with Gasteiger partial charge in [-0.15, -0.1) is 0 Å². The fraction of sp³-hybridized carbons (Fsp3) is 0.556. The molecule has 10 atom stereocenters. The van der Waals surface area contributed by atoms with Crippen LogP contribution in [0, 0.1) is 22.7 Å². The molecule has 2 aromatic carbocycles. The summed E-state index contributed by atoms with van der Waals surface area (Å²) in [5.74, 6) is -3.55. The van der Waals surface area contributed by atoms with Crippen molar-refractivity contribution in [3.63, 3.8) is 0 Å². The minimum Gasteiger partial charge on any atom is -0.390 e. The maximum absolute atomic E-state index is 17.8. The van der Waals surface area contributed by atoms with Crippen molar-refractivity contribution in [2.75, 3.05) is 66.0 Å². The van der Waals surface area contributed by atoms with Gasteiger partial charge in [-0.1, -0.05) is 49.0 Å². The van der Waals surface area contributed by atoms with E-state index in [0.29, 0.717) is 64.7 Å². The molecule has 4 aliphatic carbocycles. The molecule has 0 bridgehead atoms. The number of aliphatic hydroxyl groups excluding tert-OH is 2. The lowest BCUT2D eigenvalue weighted by atomic mass is 9.44. The number of halogens is 2. The van der Waals surface area contributed by atoms with Crippen LogP contribution in [0.5, 0.6) is 0 Å². The summed E-state index contributed by atoms with van der Waals surface area (Å²) in [6.45, 7) is 5.34. The number of ether oxygens (including phenoxy) is 6. The Bertz CT molecular complexity index is 2450. The van der Waals surface area contributed by atoms with Crippen LogP contribution < -0.4 is 0 Å². The Balaban J connectivity index is 0.723. The van der Waals surface area contributed by atoms with Crippen LogP contribution in [0.1, 0.15) is 76.2 Å². The summed E-state index contributed by atoms with van der Waals surface area (Å²) in [4.78, 5) is 77.0. The second-order valence-electron chi connectivity index (χ2n) is 19.8. The van der Waals surface area contributed by atoms with Crippen LogP contribution in [0.25, 0.3) is 0 Å². The normalized spacial score (nSPS) is 31.3. The lowest BCUT2D eigenvalue weighted by Gasteiger charge is -2.63. The number of carbonyl (C=O) groups excluding carboxylic acids is 6. The molecule has 1 saturated heterocycles. The van der Waals surface area contributed by atoms with Gasteiger partial charge in [-0.05, 0) is 86.1 Å². The summed E-state index contributed by atoms with van der Waals surface area (Å²) in [7, 11) is 0. The van der Waals surface area contributed by atoms with Gasteiger partial charge in [0.2, 0.25) is 0 Å². The van der Waals surface area contributed by atoms with Gasteiger partial charge in [-0.2, -0.15) is 0 Å². The van der Waals surface area contributed by atoms with Crippen LogP contribution >= 0.6 is 11.8 Å². The lowest BCUT2D eigenvalue weighted by Crippen LogP contribution is -2.70. The highest BCUT2D eigenvalue weighted by molar-refractivity contribution is 7.99. The van der Waals surface area contributed by atoms with Gasteiger partial charge in [0, 0.05) is 83.1 Å². The molecule has 0 unspecified atom stereocenters. The van der Waals surface area contributed by atoms with Gasteiger partial charge in [-0.3, -0.25) is 33.7 Å². The first-order valence-electron chi connectivity index (χ1n) is 24.7. The number of ketones is 4. The highest BCUT2D eigenvalue weighted by Crippen LogP contribution is 2.72. The van der Waals surface area contributed by atoms with E-state index >= 15 is 8.78 Å². The average Bonchev–Trinajstić information content (AvgIpc) is 3.98. The van der Waals surface area contributed by atoms with E-state index in [0.717, 1.165) is 26.3 Å². The van der Waals surface area contributed by atoms with Gasteiger partial charge in [0.1, 0.15) is 24.3 Å². The van der Waals surface area contributed by atoms with Crippen molar-refractivity contribution in [3.8, 4) is 0 Å². The third-order valence-electron chi connectivity index (χ3n) is 15.5. The van der Waals surface area contributed by atoms with E-state index in [4.69, 9.17) is 28.4 Å². The number of carbonyl (C=O) groups is 6. The number of benzene rings is 2. The Morgan fingerprint density at radius 2 is 1.47 bits per heavy atom. The zero-order valence-corrected chi connectivity index (χ0v) is 41.4. The van der Waals surface area contributed by atoms with Crippen LogP contribution in [0.4, 0.5) is 8.78 Å². The molecule has 2 aromatic rings. The standard InChI is InChI=1S/C54H63F2NO14S/c1-51-17-14-37(60)29-43(51)44(55)30-42-41-31-47-54(46(63)33-58,52(41,2)32-45(62)53(42,51)56)71-50(70-47)35-8-10-39(11-9-35)72-40-7-3-5-34(28-40)27-38(61)16-20-67-22-24-69-26-25-68-23-21-66-19-4-6-36(59)15-18-57-48(64)12-13-49(57)65/h3,5,7-14,17,28-29,41-42,44-45,47,50,58,62H,4,6,15-16,18-27,30-33H2,1-2H3/t41-,42-,44-,45-,47+,50+,51-,52-,53-,54+/m0/s1. The summed E-state index contributed by atoms with van der Waals surface area (Å²) in [5.41, 5.74) is -5.39. The molecule has 0 radical (unpaired) electrons. The molecule has 2 aliphatic heterocycles. The molecule has 388 valence electrons. The number of aliphatic hydroxyl groups is 2. The highest BCUT2D eigenvalue weighted by Gasteiger charge is 2.80. The van der Waals surface area contributed by atoms with E-state index in [1.165, 1.54) is 43.0 Å². The summed E-state index contributed by atoms with van der Waals surface area (Å²) < 4.78 is 69.0. The van der Waals surface area contributed by atoms with E-state index in [1.807, 2.05) is 48.5 Å². The molecule has 15 nitrogen and oxygen atoms in total. The van der Waals surface area contributed by atoms with Gasteiger partial charge in [0.05, 0.1) is 58.5 Å². The molecule has 2 amide bonds. The third-order valence-corrected chi connectivity index (χ3v) is 16.5. The molecule has 2 N–H and O–H groups in total. The van der Waals surface area contributed by atoms with E-state index in [1.54, 1.807) is 6.92 Å². The van der Waals surface area contributed by atoms with Crippen LogP contribution in [-0.4, -0.2) is 146 Å². The molecular weight excluding hydrogens is 957 g/mol. The Morgan fingerprint density at radius 3 is 2.15 bits per heavy atom. The molecule has 3 saturated carbocycles. The monoisotopic (exact) mass is 1020 g/mol. The molecule has 18 heteroatoms. The highest BCUT2D eigenvalue weighted by atomic mass is 32.2. The van der Waals surface area contributed by atoms with E-state index in [2.05, 4.69) is 0 Å². The topological polar surface area (TPSA) is 201 Å². The lowest BCUT2D eigenvalue weighted by molar-refractivity contribution is -0.235. The van der Waals surface area contributed by atoms with Gasteiger partial charge in [0.25, 0.3) is 11.8 Å². The van der Waals surface area contributed by atoms with E-state index in [9.17, 15) is 39.0 Å². The maximum atomic E-state index is 17.8. The largest absolute Gasteiger partial charge is 0.390 e. The summed E-state index contributed by atoms with van der Waals surface area (Å²) in [5, 5.41) is 22.1. The number of hydrogen-bond acceptors (Lipinski definition) is 15. The Kier molecular flexibility index (Phi) is 17.0. The van der Waals surface area contributed by atoms with E-state index < -0.39 is 88.6 Å². The predicted octanol–water partition coefficient (Wildman–Crippen LogP) is 5.71. The Labute approximate surface area is 421 Å². The molecule has 2 heterocycles.